The molecule has 0 aliphatic heterocycles. The van der Waals surface area contributed by atoms with Crippen LogP contribution in [0.3, 0.4) is 0 Å². The summed E-state index contributed by atoms with van der Waals surface area (Å²) in [7, 11) is 0. The zero-order valence-electron chi connectivity index (χ0n) is 6.95. The normalized spacial score (nSPS) is 10.1. The molecule has 2 aromatic rings. The van der Waals surface area contributed by atoms with Crippen LogP contribution in [0.25, 0.3) is 10.4 Å². The van der Waals surface area contributed by atoms with Gasteiger partial charge in [0.2, 0.25) is 0 Å². The van der Waals surface area contributed by atoms with E-state index in [0.717, 1.165) is 0 Å². The number of rotatable bonds is 1. The predicted octanol–water partition coefficient (Wildman–Crippen LogP) is 3.72. The standard InChI is InChI=1S/C11H10S/c1-9-7-8-11(12-9)10-5-3-2-4-6-10/h2-8H,1H3. The van der Waals surface area contributed by atoms with E-state index in [1.165, 1.54) is 15.3 Å². The summed E-state index contributed by atoms with van der Waals surface area (Å²) in [5.41, 5.74) is 1.32. The van der Waals surface area contributed by atoms with Crippen LogP contribution in [0.2, 0.25) is 0 Å². The van der Waals surface area contributed by atoms with Crippen molar-refractivity contribution in [1.82, 2.24) is 0 Å². The van der Waals surface area contributed by atoms with Crippen molar-refractivity contribution in [1.29, 1.82) is 0 Å². The lowest BCUT2D eigenvalue weighted by molar-refractivity contribution is 1.64. The molecule has 0 N–H and O–H groups in total. The summed E-state index contributed by atoms with van der Waals surface area (Å²) in [6, 6.07) is 14.8. The molecule has 0 saturated carbocycles. The van der Waals surface area contributed by atoms with E-state index in [0.29, 0.717) is 0 Å². The van der Waals surface area contributed by atoms with Gasteiger partial charge in [0, 0.05) is 9.75 Å². The fourth-order valence-corrected chi connectivity index (χ4v) is 2.07. The molecule has 0 fully saturated rings. The Morgan fingerprint density at radius 2 is 1.67 bits per heavy atom. The number of benzene rings is 1. The average molecular weight is 174 g/mol. The van der Waals surface area contributed by atoms with Gasteiger partial charge in [0.15, 0.2) is 0 Å². The van der Waals surface area contributed by atoms with Crippen LogP contribution in [0.4, 0.5) is 0 Å². The third-order valence-corrected chi connectivity index (χ3v) is 2.85. The van der Waals surface area contributed by atoms with Crippen molar-refractivity contribution >= 4 is 11.3 Å². The van der Waals surface area contributed by atoms with E-state index in [9.17, 15) is 0 Å². The zero-order chi connectivity index (χ0) is 8.39. The van der Waals surface area contributed by atoms with E-state index < -0.39 is 0 Å². The maximum atomic E-state index is 2.18. The van der Waals surface area contributed by atoms with E-state index in [1.54, 1.807) is 0 Å². The van der Waals surface area contributed by atoms with Crippen LogP contribution in [0.5, 0.6) is 0 Å². The fraction of sp³-hybridized carbons (Fsp3) is 0.0909. The molecule has 60 valence electrons. The summed E-state index contributed by atoms with van der Waals surface area (Å²) in [4.78, 5) is 2.72. The Morgan fingerprint density at radius 1 is 0.917 bits per heavy atom. The van der Waals surface area contributed by atoms with Gasteiger partial charge in [0.25, 0.3) is 0 Å². The Balaban J connectivity index is 2.45. The molecule has 1 aromatic carbocycles. The van der Waals surface area contributed by atoms with Crippen LogP contribution >= 0.6 is 11.3 Å². The molecule has 0 amide bonds. The first kappa shape index (κ1) is 7.56. The smallest absolute Gasteiger partial charge is 0.0345 e. The summed E-state index contributed by atoms with van der Waals surface area (Å²) in [6.45, 7) is 2.14. The van der Waals surface area contributed by atoms with E-state index in [-0.39, 0.29) is 0 Å². The first-order valence-corrected chi connectivity index (χ1v) is 4.80. The number of hydrogen-bond donors (Lipinski definition) is 0. The first-order valence-electron chi connectivity index (χ1n) is 3.98. The van der Waals surface area contributed by atoms with Gasteiger partial charge in [-0.25, -0.2) is 0 Å². The molecule has 0 bridgehead atoms. The Hall–Kier alpha value is -1.08. The molecule has 2 rings (SSSR count). The van der Waals surface area contributed by atoms with Crippen molar-refractivity contribution in [3.8, 4) is 10.4 Å². The van der Waals surface area contributed by atoms with Crippen LogP contribution in [-0.2, 0) is 0 Å². The van der Waals surface area contributed by atoms with Gasteiger partial charge < -0.3 is 0 Å². The highest BCUT2D eigenvalue weighted by Crippen LogP contribution is 2.26. The summed E-state index contributed by atoms with van der Waals surface area (Å²) in [6.07, 6.45) is 0. The minimum atomic E-state index is 1.32. The van der Waals surface area contributed by atoms with E-state index in [4.69, 9.17) is 0 Å². The fourth-order valence-electron chi connectivity index (χ4n) is 1.19. The highest BCUT2D eigenvalue weighted by atomic mass is 32.1. The maximum absolute atomic E-state index is 2.18. The van der Waals surface area contributed by atoms with Gasteiger partial charge in [0.05, 0.1) is 0 Å². The van der Waals surface area contributed by atoms with Gasteiger partial charge in [-0.2, -0.15) is 0 Å². The van der Waals surface area contributed by atoms with Crippen molar-refractivity contribution in [3.05, 3.63) is 47.3 Å². The van der Waals surface area contributed by atoms with Crippen molar-refractivity contribution in [2.75, 3.05) is 0 Å². The summed E-state index contributed by atoms with van der Waals surface area (Å²) >= 11 is 1.84. The Labute approximate surface area is 76.5 Å². The molecular formula is C11H10S. The largest absolute Gasteiger partial charge is 0.141 e. The topological polar surface area (TPSA) is 0 Å². The van der Waals surface area contributed by atoms with Crippen molar-refractivity contribution in [2.45, 2.75) is 6.92 Å². The van der Waals surface area contributed by atoms with Crippen LogP contribution < -0.4 is 0 Å². The predicted molar refractivity (Wildman–Crippen MR) is 54.5 cm³/mol. The number of aryl methyl sites for hydroxylation is 1. The summed E-state index contributed by atoms with van der Waals surface area (Å²) in [5.74, 6) is 0. The second kappa shape index (κ2) is 3.11. The molecule has 0 saturated heterocycles. The minimum absolute atomic E-state index is 1.32. The highest BCUT2D eigenvalue weighted by Gasteiger charge is 1.97. The number of thiophene rings is 1. The first-order chi connectivity index (χ1) is 5.86. The second-order valence-electron chi connectivity index (χ2n) is 2.78. The molecular weight excluding hydrogens is 164 g/mol. The maximum Gasteiger partial charge on any atom is 0.0345 e. The van der Waals surface area contributed by atoms with Crippen LogP contribution in [0.15, 0.2) is 42.5 Å². The van der Waals surface area contributed by atoms with Gasteiger partial charge in [0.1, 0.15) is 0 Å². The van der Waals surface area contributed by atoms with E-state index in [1.807, 2.05) is 17.4 Å². The molecule has 1 heterocycles. The van der Waals surface area contributed by atoms with Gasteiger partial charge in [-0.05, 0) is 24.6 Å². The van der Waals surface area contributed by atoms with Gasteiger partial charge in [-0.1, -0.05) is 30.3 Å². The molecule has 0 radical (unpaired) electrons. The SMILES string of the molecule is Cc1ccc(-c2ccccc2)s1. The Morgan fingerprint density at radius 3 is 2.25 bits per heavy atom. The van der Waals surface area contributed by atoms with Crippen molar-refractivity contribution < 1.29 is 0 Å². The van der Waals surface area contributed by atoms with Crippen LogP contribution in [-0.4, -0.2) is 0 Å². The molecule has 1 heteroatoms. The monoisotopic (exact) mass is 174 g/mol. The Kier molecular flexibility index (Phi) is 1.96. The molecule has 0 atom stereocenters. The zero-order valence-corrected chi connectivity index (χ0v) is 7.77. The van der Waals surface area contributed by atoms with Gasteiger partial charge in [-0.15, -0.1) is 11.3 Å². The van der Waals surface area contributed by atoms with Crippen LogP contribution in [0, 0.1) is 6.92 Å². The third kappa shape index (κ3) is 1.41. The van der Waals surface area contributed by atoms with E-state index >= 15 is 0 Å². The van der Waals surface area contributed by atoms with Gasteiger partial charge >= 0.3 is 0 Å². The molecule has 0 spiro atoms. The molecule has 0 unspecified atom stereocenters. The lowest BCUT2D eigenvalue weighted by atomic mass is 10.2. The van der Waals surface area contributed by atoms with Crippen molar-refractivity contribution in [2.24, 2.45) is 0 Å². The lowest BCUT2D eigenvalue weighted by Crippen LogP contribution is -1.67. The van der Waals surface area contributed by atoms with Crippen molar-refractivity contribution in [3.63, 3.8) is 0 Å². The summed E-state index contributed by atoms with van der Waals surface area (Å²) in [5, 5.41) is 0. The molecule has 0 nitrogen and oxygen atoms in total. The van der Waals surface area contributed by atoms with Gasteiger partial charge in [-0.3, -0.25) is 0 Å². The average Bonchev–Trinajstić information content (AvgIpc) is 2.54. The molecule has 1 aromatic heterocycles. The quantitative estimate of drug-likeness (QED) is 0.618. The molecule has 12 heavy (non-hydrogen) atoms. The van der Waals surface area contributed by atoms with Crippen LogP contribution in [0.1, 0.15) is 4.88 Å². The summed E-state index contributed by atoms with van der Waals surface area (Å²) < 4.78 is 0. The second-order valence-corrected chi connectivity index (χ2v) is 4.06. The molecule has 0 aliphatic carbocycles. The molecule has 0 aliphatic rings. The van der Waals surface area contributed by atoms with E-state index in [2.05, 4.69) is 43.3 Å². The Bertz CT molecular complexity index is 360. The third-order valence-electron chi connectivity index (χ3n) is 1.80. The minimum Gasteiger partial charge on any atom is -0.141 e. The number of hydrogen-bond acceptors (Lipinski definition) is 1. The highest BCUT2D eigenvalue weighted by molar-refractivity contribution is 7.15. The lowest BCUT2D eigenvalue weighted by Gasteiger charge is -1.93.